The Bertz CT molecular complexity index is 967. The molecule has 2 aliphatic heterocycles. The second-order valence-corrected chi connectivity index (χ2v) is 9.41. The monoisotopic (exact) mass is 479 g/mol. The zero-order chi connectivity index (χ0) is 22.2. The molecule has 15 heteroatoms. The highest BCUT2D eigenvalue weighted by Gasteiger charge is 2.45. The molecule has 2 aliphatic rings. The number of aliphatic hydroxyl groups is 2. The number of nitrogens with zero attached hydrogens (tertiary/aromatic N) is 4. The van der Waals surface area contributed by atoms with Crippen LogP contribution >= 0.6 is 19.2 Å². The maximum absolute atomic E-state index is 10.9. The van der Waals surface area contributed by atoms with Gasteiger partial charge in [-0.3, -0.25) is 4.57 Å². The van der Waals surface area contributed by atoms with Gasteiger partial charge >= 0.3 is 7.60 Å². The summed E-state index contributed by atoms with van der Waals surface area (Å²) in [4.78, 5) is 26.1. The van der Waals surface area contributed by atoms with Crippen LogP contribution in [0.3, 0.4) is 0 Å². The fourth-order valence-corrected chi connectivity index (χ4v) is 4.07. The minimum absolute atomic E-state index is 0.0333. The van der Waals surface area contributed by atoms with Crippen LogP contribution in [0.5, 0.6) is 0 Å². The van der Waals surface area contributed by atoms with Crippen molar-refractivity contribution in [1.82, 2.24) is 19.7 Å². The second kappa shape index (κ2) is 9.22. The Morgan fingerprint density at radius 3 is 2.84 bits per heavy atom. The highest BCUT2D eigenvalue weighted by Crippen LogP contribution is 2.36. The minimum Gasteiger partial charge on any atom is -0.387 e. The van der Waals surface area contributed by atoms with Gasteiger partial charge in [0.2, 0.25) is 5.28 Å². The summed E-state index contributed by atoms with van der Waals surface area (Å²) in [6, 6.07) is 0. The van der Waals surface area contributed by atoms with E-state index in [-0.39, 0.29) is 11.9 Å². The van der Waals surface area contributed by atoms with E-state index >= 15 is 0 Å². The van der Waals surface area contributed by atoms with E-state index in [0.717, 1.165) is 13.0 Å². The molecule has 4 rings (SSSR count). The van der Waals surface area contributed by atoms with E-state index in [2.05, 4.69) is 20.4 Å². The summed E-state index contributed by atoms with van der Waals surface area (Å²) < 4.78 is 28.1. The van der Waals surface area contributed by atoms with Crippen LogP contribution in [0.1, 0.15) is 12.6 Å². The van der Waals surface area contributed by atoms with Gasteiger partial charge < -0.3 is 39.5 Å². The van der Waals surface area contributed by atoms with Crippen LogP contribution in [0.15, 0.2) is 6.20 Å². The first-order valence-electron chi connectivity index (χ1n) is 9.59. The van der Waals surface area contributed by atoms with Crippen molar-refractivity contribution in [1.29, 1.82) is 0 Å². The molecule has 4 heterocycles. The molecule has 172 valence electrons. The quantitative estimate of drug-likeness (QED) is 0.246. The Hall–Kier alpha value is -1.41. The van der Waals surface area contributed by atoms with Crippen molar-refractivity contribution < 1.29 is 38.8 Å². The normalized spacial score (nSPS) is 29.1. The lowest BCUT2D eigenvalue weighted by atomic mass is 10.1. The van der Waals surface area contributed by atoms with E-state index in [1.54, 1.807) is 0 Å². The number of hydrogen-bond acceptors (Lipinski definition) is 10. The van der Waals surface area contributed by atoms with E-state index in [4.69, 9.17) is 35.6 Å². The molecule has 5 N–H and O–H groups in total. The number of hydrogen-bond donors (Lipinski definition) is 5. The molecular weight excluding hydrogens is 457 g/mol. The molecule has 2 fully saturated rings. The summed E-state index contributed by atoms with van der Waals surface area (Å²) in [5.41, 5.74) is 0.290. The summed E-state index contributed by atoms with van der Waals surface area (Å²) in [6.07, 6.45) is -3.26. The highest BCUT2D eigenvalue weighted by atomic mass is 35.5. The zero-order valence-corrected chi connectivity index (χ0v) is 17.9. The third-order valence-electron chi connectivity index (χ3n) is 5.13. The Labute approximate surface area is 181 Å². The lowest BCUT2D eigenvalue weighted by molar-refractivity contribution is -0.0658. The molecule has 0 unspecified atom stereocenters. The molecule has 0 aliphatic carbocycles. The third-order valence-corrected chi connectivity index (χ3v) is 5.82. The lowest BCUT2D eigenvalue weighted by Crippen LogP contribution is -2.34. The predicted molar refractivity (Wildman–Crippen MR) is 107 cm³/mol. The molecular formula is C16H23ClN5O8P. The second-order valence-electron chi connectivity index (χ2n) is 7.49. The fourth-order valence-electron chi connectivity index (χ4n) is 3.56. The van der Waals surface area contributed by atoms with E-state index in [1.165, 1.54) is 10.9 Å². The van der Waals surface area contributed by atoms with Gasteiger partial charge in [0.1, 0.15) is 30.5 Å². The first-order valence-corrected chi connectivity index (χ1v) is 11.8. The van der Waals surface area contributed by atoms with Crippen LogP contribution in [0.2, 0.25) is 5.28 Å². The smallest absolute Gasteiger partial charge is 0.350 e. The minimum atomic E-state index is -4.37. The maximum atomic E-state index is 10.9. The first kappa shape index (κ1) is 22.8. The fraction of sp³-hybridized carbons (Fsp3) is 0.688. The van der Waals surface area contributed by atoms with Crippen molar-refractivity contribution in [2.75, 3.05) is 38.0 Å². The van der Waals surface area contributed by atoms with Gasteiger partial charge in [0.05, 0.1) is 24.8 Å². The van der Waals surface area contributed by atoms with E-state index in [1.807, 2.05) is 0 Å². The largest absolute Gasteiger partial charge is 0.387 e. The number of ether oxygens (including phenoxy) is 3. The van der Waals surface area contributed by atoms with Crippen LogP contribution in [0.25, 0.3) is 11.0 Å². The van der Waals surface area contributed by atoms with Gasteiger partial charge in [-0.15, -0.1) is 0 Å². The van der Waals surface area contributed by atoms with Crippen molar-refractivity contribution in [2.45, 2.75) is 31.0 Å². The van der Waals surface area contributed by atoms with E-state index in [9.17, 15) is 14.8 Å². The Morgan fingerprint density at radius 1 is 1.32 bits per heavy atom. The summed E-state index contributed by atoms with van der Waals surface area (Å²) in [6.45, 7) is 1.70. The number of fused-ring (bicyclic) bond motifs is 1. The number of aromatic nitrogens is 4. The van der Waals surface area contributed by atoms with Gasteiger partial charge in [0.25, 0.3) is 0 Å². The molecule has 2 aromatic heterocycles. The van der Waals surface area contributed by atoms with Crippen LogP contribution in [0, 0.1) is 5.92 Å². The van der Waals surface area contributed by atoms with E-state index < -0.39 is 38.5 Å². The van der Waals surface area contributed by atoms with Crippen molar-refractivity contribution >= 4 is 36.0 Å². The molecule has 0 bridgehead atoms. The van der Waals surface area contributed by atoms with Crippen molar-refractivity contribution in [2.24, 2.45) is 5.92 Å². The number of anilines is 1. The Kier molecular flexibility index (Phi) is 6.77. The zero-order valence-electron chi connectivity index (χ0n) is 16.2. The molecule has 31 heavy (non-hydrogen) atoms. The van der Waals surface area contributed by atoms with Gasteiger partial charge in [-0.25, -0.2) is 4.68 Å². The molecule has 13 nitrogen and oxygen atoms in total. The van der Waals surface area contributed by atoms with Gasteiger partial charge in [-0.2, -0.15) is 15.1 Å². The van der Waals surface area contributed by atoms with E-state index in [0.29, 0.717) is 35.9 Å². The van der Waals surface area contributed by atoms with Crippen LogP contribution < -0.4 is 5.32 Å². The van der Waals surface area contributed by atoms with Crippen LogP contribution in [-0.4, -0.2) is 90.8 Å². The molecule has 5 atom stereocenters. The number of rotatable bonds is 8. The summed E-state index contributed by atoms with van der Waals surface area (Å²) in [7, 11) is -4.37. The molecule has 0 aromatic carbocycles. The number of nitrogens with one attached hydrogen (secondary N) is 1. The molecule has 0 saturated carbocycles. The van der Waals surface area contributed by atoms with Crippen molar-refractivity contribution in [3.8, 4) is 0 Å². The molecule has 2 saturated heterocycles. The maximum Gasteiger partial charge on any atom is 0.350 e. The van der Waals surface area contributed by atoms with Crippen molar-refractivity contribution in [3.63, 3.8) is 0 Å². The van der Waals surface area contributed by atoms with Gasteiger partial charge in [0.15, 0.2) is 11.9 Å². The predicted octanol–water partition coefficient (Wildman–Crippen LogP) is -0.301. The van der Waals surface area contributed by atoms with Gasteiger partial charge in [0, 0.05) is 19.1 Å². The third kappa shape index (κ3) is 5.16. The van der Waals surface area contributed by atoms with Gasteiger partial charge in [-0.1, -0.05) is 0 Å². The average Bonchev–Trinajstić information content (AvgIpc) is 3.41. The first-order chi connectivity index (χ1) is 14.7. The summed E-state index contributed by atoms with van der Waals surface area (Å²) in [5.74, 6) is 0.825. The Balaban J connectivity index is 1.51. The van der Waals surface area contributed by atoms with Gasteiger partial charge in [-0.05, 0) is 18.0 Å². The standard InChI is InChI=1S/C16H23ClN5O8P/c17-16-20-13(18-3-8-1-2-28-5-8)9-4-19-22(14(9)21-16)15-12(24)11(23)10(30-15)6-29-7-31(25,26)27/h4,8,10-12,15,23-24H,1-3,5-7H2,(H,18,20,21)(H2,25,26,27)/t8-,10-,11-,12-,15-/m1/s1. The summed E-state index contributed by atoms with van der Waals surface area (Å²) in [5, 5.41) is 28.7. The molecule has 0 spiro atoms. The SMILES string of the molecule is O=P(O)(O)COC[C@H]1O[C@@H](n2ncc3c(NC[C@H]4CCOC4)nc(Cl)nc32)[C@H](O)[C@@H]1O. The summed E-state index contributed by atoms with van der Waals surface area (Å²) >= 11 is 6.09. The highest BCUT2D eigenvalue weighted by molar-refractivity contribution is 7.51. The van der Waals surface area contributed by atoms with Crippen LogP contribution in [0.4, 0.5) is 5.82 Å². The molecule has 0 amide bonds. The number of halogens is 1. The Morgan fingerprint density at radius 2 is 2.13 bits per heavy atom. The van der Waals surface area contributed by atoms with Crippen LogP contribution in [-0.2, 0) is 18.8 Å². The number of aliphatic hydroxyl groups excluding tert-OH is 2. The van der Waals surface area contributed by atoms with Crippen molar-refractivity contribution in [3.05, 3.63) is 11.5 Å². The average molecular weight is 480 g/mol. The topological polar surface area (TPSA) is 181 Å². The lowest BCUT2D eigenvalue weighted by Gasteiger charge is -2.16. The molecule has 2 aromatic rings. The molecule has 0 radical (unpaired) electrons.